The van der Waals surface area contributed by atoms with E-state index in [0.29, 0.717) is 30.3 Å². The van der Waals surface area contributed by atoms with E-state index in [2.05, 4.69) is 4.72 Å². The highest BCUT2D eigenvalue weighted by Crippen LogP contribution is 2.30. The van der Waals surface area contributed by atoms with Crippen molar-refractivity contribution in [3.05, 3.63) is 53.6 Å². The van der Waals surface area contributed by atoms with Gasteiger partial charge < -0.3 is 9.47 Å². The number of halogens is 2. The zero-order valence-corrected chi connectivity index (χ0v) is 12.7. The van der Waals surface area contributed by atoms with Gasteiger partial charge in [-0.25, -0.2) is 21.9 Å². The Kier molecular flexibility index (Phi) is 4.18. The maximum atomic E-state index is 13.6. The van der Waals surface area contributed by atoms with Crippen LogP contribution in [0.2, 0.25) is 0 Å². The van der Waals surface area contributed by atoms with Crippen LogP contribution in [0.15, 0.2) is 41.3 Å². The average Bonchev–Trinajstić information content (AvgIpc) is 2.52. The molecule has 0 spiro atoms. The number of sulfonamides is 1. The molecule has 0 atom stereocenters. The molecule has 8 heteroatoms. The first-order valence-electron chi connectivity index (χ1n) is 6.79. The van der Waals surface area contributed by atoms with Crippen molar-refractivity contribution in [2.24, 2.45) is 0 Å². The monoisotopic (exact) mass is 341 g/mol. The van der Waals surface area contributed by atoms with Crippen molar-refractivity contribution in [2.45, 2.75) is 11.4 Å². The van der Waals surface area contributed by atoms with Crippen molar-refractivity contribution in [2.75, 3.05) is 13.2 Å². The van der Waals surface area contributed by atoms with Crippen LogP contribution >= 0.6 is 0 Å². The first kappa shape index (κ1) is 15.7. The molecule has 2 aromatic rings. The Morgan fingerprint density at radius 1 is 1.00 bits per heavy atom. The number of nitrogens with one attached hydrogen (secondary N) is 1. The molecular formula is C15H13F2NO4S. The molecule has 0 bridgehead atoms. The van der Waals surface area contributed by atoms with E-state index in [4.69, 9.17) is 9.47 Å². The highest BCUT2D eigenvalue weighted by molar-refractivity contribution is 7.89. The van der Waals surface area contributed by atoms with Gasteiger partial charge in [-0.1, -0.05) is 12.1 Å². The number of hydrogen-bond donors (Lipinski definition) is 1. The van der Waals surface area contributed by atoms with Crippen LogP contribution in [-0.4, -0.2) is 21.6 Å². The number of rotatable bonds is 4. The summed E-state index contributed by atoms with van der Waals surface area (Å²) in [5.74, 6) is -1.20. The second-order valence-electron chi connectivity index (χ2n) is 4.85. The van der Waals surface area contributed by atoms with Gasteiger partial charge in [0.25, 0.3) is 0 Å². The molecular weight excluding hydrogens is 328 g/mol. The molecule has 0 saturated heterocycles. The zero-order chi connectivity index (χ0) is 16.4. The Hall–Kier alpha value is -2.19. The van der Waals surface area contributed by atoms with Gasteiger partial charge in [-0.2, -0.15) is 0 Å². The van der Waals surface area contributed by atoms with Gasteiger partial charge in [-0.15, -0.1) is 0 Å². The molecule has 0 aromatic heterocycles. The van der Waals surface area contributed by atoms with E-state index >= 15 is 0 Å². The average molecular weight is 341 g/mol. The van der Waals surface area contributed by atoms with Gasteiger partial charge in [-0.3, -0.25) is 0 Å². The maximum absolute atomic E-state index is 13.6. The van der Waals surface area contributed by atoms with Gasteiger partial charge in [0, 0.05) is 6.54 Å². The summed E-state index contributed by atoms with van der Waals surface area (Å²) in [5.41, 5.74) is 0.578. The van der Waals surface area contributed by atoms with E-state index in [1.54, 1.807) is 18.2 Å². The van der Waals surface area contributed by atoms with Gasteiger partial charge >= 0.3 is 0 Å². The Morgan fingerprint density at radius 2 is 1.65 bits per heavy atom. The third-order valence-electron chi connectivity index (χ3n) is 3.26. The minimum atomic E-state index is -4.31. The van der Waals surface area contributed by atoms with E-state index in [9.17, 15) is 17.2 Å². The second kappa shape index (κ2) is 6.13. The lowest BCUT2D eigenvalue weighted by Crippen LogP contribution is -2.25. The van der Waals surface area contributed by atoms with E-state index < -0.39 is 26.6 Å². The summed E-state index contributed by atoms with van der Waals surface area (Å²) >= 11 is 0. The van der Waals surface area contributed by atoms with Gasteiger partial charge in [0.05, 0.1) is 0 Å². The summed E-state index contributed by atoms with van der Waals surface area (Å²) in [4.78, 5) is -0.988. The summed E-state index contributed by atoms with van der Waals surface area (Å²) in [7, 11) is -4.31. The Morgan fingerprint density at radius 3 is 2.35 bits per heavy atom. The minimum Gasteiger partial charge on any atom is -0.486 e. The number of ether oxygens (including phenoxy) is 2. The summed E-state index contributed by atoms with van der Waals surface area (Å²) in [6, 6.07) is 7.80. The molecule has 122 valence electrons. The van der Waals surface area contributed by atoms with E-state index in [1.165, 1.54) is 0 Å². The Balaban J connectivity index is 1.80. The zero-order valence-electron chi connectivity index (χ0n) is 11.9. The lowest BCUT2D eigenvalue weighted by Gasteiger charge is -2.19. The van der Waals surface area contributed by atoms with Gasteiger partial charge in [0.2, 0.25) is 10.0 Å². The van der Waals surface area contributed by atoms with Gasteiger partial charge in [0.1, 0.15) is 24.8 Å². The molecule has 0 aliphatic carbocycles. The van der Waals surface area contributed by atoms with Crippen LogP contribution in [0.25, 0.3) is 0 Å². The minimum absolute atomic E-state index is 0.132. The highest BCUT2D eigenvalue weighted by atomic mass is 32.2. The van der Waals surface area contributed by atoms with Crippen LogP contribution in [0, 0.1) is 11.6 Å². The fourth-order valence-electron chi connectivity index (χ4n) is 2.19. The van der Waals surface area contributed by atoms with Crippen LogP contribution in [0.4, 0.5) is 8.78 Å². The van der Waals surface area contributed by atoms with Gasteiger partial charge in [-0.05, 0) is 29.8 Å². The van der Waals surface area contributed by atoms with Crippen molar-refractivity contribution in [3.63, 3.8) is 0 Å². The topological polar surface area (TPSA) is 64.6 Å². The lowest BCUT2D eigenvalue weighted by atomic mass is 10.2. The second-order valence-corrected chi connectivity index (χ2v) is 6.56. The van der Waals surface area contributed by atoms with Crippen molar-refractivity contribution in [1.82, 2.24) is 4.72 Å². The summed E-state index contributed by atoms with van der Waals surface area (Å²) in [5, 5.41) is 0. The molecule has 2 aromatic carbocycles. The van der Waals surface area contributed by atoms with Crippen LogP contribution in [0.5, 0.6) is 11.5 Å². The number of fused-ring (bicyclic) bond motifs is 1. The quantitative estimate of drug-likeness (QED) is 0.926. The summed E-state index contributed by atoms with van der Waals surface area (Å²) in [6.07, 6.45) is 0. The Bertz CT molecular complexity index is 819. The largest absolute Gasteiger partial charge is 0.486 e. The fourth-order valence-corrected chi connectivity index (χ4v) is 3.34. The summed E-state index contributed by atoms with van der Waals surface area (Å²) in [6.45, 7) is 0.723. The molecule has 1 heterocycles. The van der Waals surface area contributed by atoms with E-state index in [-0.39, 0.29) is 6.54 Å². The molecule has 1 aliphatic rings. The number of benzene rings is 2. The molecule has 0 unspecified atom stereocenters. The summed E-state index contributed by atoms with van der Waals surface area (Å²) < 4.78 is 64.3. The van der Waals surface area contributed by atoms with Crippen molar-refractivity contribution in [1.29, 1.82) is 0 Å². The van der Waals surface area contributed by atoms with Gasteiger partial charge in [0.15, 0.2) is 16.4 Å². The molecule has 1 N–H and O–H groups in total. The predicted octanol–water partition coefficient (Wildman–Crippen LogP) is 2.21. The molecule has 23 heavy (non-hydrogen) atoms. The smallest absolute Gasteiger partial charge is 0.246 e. The van der Waals surface area contributed by atoms with Crippen molar-refractivity contribution < 1.29 is 26.7 Å². The van der Waals surface area contributed by atoms with Crippen LogP contribution in [-0.2, 0) is 16.6 Å². The van der Waals surface area contributed by atoms with Crippen LogP contribution < -0.4 is 14.2 Å². The molecule has 0 saturated carbocycles. The molecule has 5 nitrogen and oxygen atoms in total. The standard InChI is InChI=1S/C15H13F2NO4S/c16-11-2-1-3-12(17)15(11)23(19,20)18-9-10-4-5-13-14(8-10)22-7-6-21-13/h1-5,8,18H,6-7,9H2. The molecule has 0 radical (unpaired) electrons. The van der Waals surface area contributed by atoms with Crippen LogP contribution in [0.3, 0.4) is 0 Å². The van der Waals surface area contributed by atoms with Crippen molar-refractivity contribution in [3.8, 4) is 11.5 Å². The van der Waals surface area contributed by atoms with E-state index in [1.807, 2.05) is 0 Å². The normalized spacial score (nSPS) is 13.8. The molecule has 0 amide bonds. The SMILES string of the molecule is O=S(=O)(NCc1ccc2c(c1)OCCO2)c1c(F)cccc1F. The lowest BCUT2D eigenvalue weighted by molar-refractivity contribution is 0.171. The molecule has 1 aliphatic heterocycles. The Labute approximate surface area is 131 Å². The molecule has 0 fully saturated rings. The first-order chi connectivity index (χ1) is 11.0. The third kappa shape index (κ3) is 3.27. The molecule has 3 rings (SSSR count). The number of hydrogen-bond acceptors (Lipinski definition) is 4. The third-order valence-corrected chi connectivity index (χ3v) is 4.71. The van der Waals surface area contributed by atoms with Crippen LogP contribution in [0.1, 0.15) is 5.56 Å². The first-order valence-corrected chi connectivity index (χ1v) is 8.28. The van der Waals surface area contributed by atoms with E-state index in [0.717, 1.165) is 18.2 Å². The predicted molar refractivity (Wildman–Crippen MR) is 77.8 cm³/mol. The highest BCUT2D eigenvalue weighted by Gasteiger charge is 2.23. The maximum Gasteiger partial charge on any atom is 0.246 e. The van der Waals surface area contributed by atoms with Crippen molar-refractivity contribution >= 4 is 10.0 Å². The fraction of sp³-hybridized carbons (Fsp3) is 0.200.